The van der Waals surface area contributed by atoms with Gasteiger partial charge in [0.15, 0.2) is 0 Å². The maximum atomic E-state index is 12.5. The molecule has 138 valence electrons. The lowest BCUT2D eigenvalue weighted by Gasteiger charge is -2.32. The van der Waals surface area contributed by atoms with Crippen LogP contribution < -0.4 is 11.1 Å². The Morgan fingerprint density at radius 1 is 1.28 bits per heavy atom. The summed E-state index contributed by atoms with van der Waals surface area (Å²) in [7, 11) is 0. The van der Waals surface area contributed by atoms with Gasteiger partial charge in [-0.25, -0.2) is 0 Å². The summed E-state index contributed by atoms with van der Waals surface area (Å²) in [5.41, 5.74) is 6.28. The minimum atomic E-state index is -0.562. The van der Waals surface area contributed by atoms with Gasteiger partial charge >= 0.3 is 0 Å². The highest BCUT2D eigenvalue weighted by Crippen LogP contribution is 2.17. The van der Waals surface area contributed by atoms with Crippen LogP contribution in [0.15, 0.2) is 30.3 Å². The van der Waals surface area contributed by atoms with Crippen molar-refractivity contribution >= 4 is 18.3 Å². The van der Waals surface area contributed by atoms with E-state index in [-0.39, 0.29) is 18.3 Å². The summed E-state index contributed by atoms with van der Waals surface area (Å²) in [4.78, 5) is 13.9. The number of carbonyl (C=O) groups excluding carboxylic acids is 1. The van der Waals surface area contributed by atoms with Gasteiger partial charge in [0.05, 0.1) is 0 Å². The van der Waals surface area contributed by atoms with Gasteiger partial charge in [-0.1, -0.05) is 44.2 Å². The van der Waals surface area contributed by atoms with Crippen molar-refractivity contribution < 1.29 is 4.79 Å². The van der Waals surface area contributed by atoms with E-state index >= 15 is 0 Å². The van der Waals surface area contributed by atoms with Crippen LogP contribution in [0.2, 0.25) is 0 Å². The molecule has 8 heteroatoms. The lowest BCUT2D eigenvalue weighted by atomic mass is 9.90. The van der Waals surface area contributed by atoms with Crippen LogP contribution in [0.5, 0.6) is 0 Å². The zero-order valence-electron chi connectivity index (χ0n) is 15.1. The van der Waals surface area contributed by atoms with Crippen molar-refractivity contribution in [1.82, 2.24) is 25.5 Å². The number of carbonyl (C=O) groups is 1. The Hall–Kier alpha value is -1.99. The van der Waals surface area contributed by atoms with Gasteiger partial charge in [0, 0.05) is 17.6 Å². The van der Waals surface area contributed by atoms with Crippen molar-refractivity contribution in [2.24, 2.45) is 11.7 Å². The van der Waals surface area contributed by atoms with E-state index in [4.69, 9.17) is 5.73 Å². The van der Waals surface area contributed by atoms with Crippen molar-refractivity contribution in [2.75, 3.05) is 6.54 Å². The Morgan fingerprint density at radius 3 is 2.48 bits per heavy atom. The van der Waals surface area contributed by atoms with Crippen LogP contribution >= 0.6 is 12.4 Å². The monoisotopic (exact) mass is 366 g/mol. The van der Waals surface area contributed by atoms with Gasteiger partial charge in [-0.3, -0.25) is 4.79 Å². The summed E-state index contributed by atoms with van der Waals surface area (Å²) in [6, 6.07) is 8.98. The Labute approximate surface area is 154 Å². The number of nitrogens with zero attached hydrogens (tertiary/aromatic N) is 4. The lowest BCUT2D eigenvalue weighted by molar-refractivity contribution is -0.126. The van der Waals surface area contributed by atoms with Crippen LogP contribution in [0.25, 0.3) is 11.4 Å². The van der Waals surface area contributed by atoms with E-state index in [0.29, 0.717) is 18.3 Å². The SMILES string of the molecule is CC(C)CC(C)(CN)NC(=O)C(C)n1nnc(-c2ccccc2)n1.Cl. The van der Waals surface area contributed by atoms with Crippen molar-refractivity contribution in [1.29, 1.82) is 0 Å². The second kappa shape index (κ2) is 8.92. The molecule has 0 spiro atoms. The molecule has 0 radical (unpaired) electrons. The van der Waals surface area contributed by atoms with E-state index in [2.05, 4.69) is 34.6 Å². The first kappa shape index (κ1) is 21.1. The minimum absolute atomic E-state index is 0. The molecule has 0 aliphatic carbocycles. The molecule has 1 aromatic carbocycles. The highest BCUT2D eigenvalue weighted by Gasteiger charge is 2.29. The first-order valence-corrected chi connectivity index (χ1v) is 8.21. The summed E-state index contributed by atoms with van der Waals surface area (Å²) >= 11 is 0. The van der Waals surface area contributed by atoms with E-state index in [1.165, 1.54) is 4.80 Å². The number of benzene rings is 1. The van der Waals surface area contributed by atoms with Gasteiger partial charge in [0.25, 0.3) is 0 Å². The molecule has 0 saturated heterocycles. The highest BCUT2D eigenvalue weighted by molar-refractivity contribution is 5.85. The van der Waals surface area contributed by atoms with Crippen LogP contribution in [0, 0.1) is 5.92 Å². The van der Waals surface area contributed by atoms with Crippen LogP contribution in [-0.2, 0) is 4.79 Å². The molecule has 1 heterocycles. The Bertz CT molecular complexity index is 675. The number of rotatable bonds is 7. The minimum Gasteiger partial charge on any atom is -0.348 e. The first-order chi connectivity index (χ1) is 11.3. The summed E-state index contributed by atoms with van der Waals surface area (Å²) < 4.78 is 0. The molecular weight excluding hydrogens is 340 g/mol. The average molecular weight is 367 g/mol. The Balaban J connectivity index is 0.00000312. The van der Waals surface area contributed by atoms with E-state index in [0.717, 1.165) is 12.0 Å². The number of amides is 1. The number of tetrazole rings is 1. The van der Waals surface area contributed by atoms with Crippen molar-refractivity contribution in [3.8, 4) is 11.4 Å². The summed E-state index contributed by atoms with van der Waals surface area (Å²) in [6.45, 7) is 8.30. The third-order valence-electron chi connectivity index (χ3n) is 3.92. The van der Waals surface area contributed by atoms with Crippen molar-refractivity contribution in [2.45, 2.75) is 45.7 Å². The van der Waals surface area contributed by atoms with Gasteiger partial charge in [-0.05, 0) is 31.4 Å². The number of hydrogen-bond acceptors (Lipinski definition) is 5. The molecule has 1 aromatic heterocycles. The number of nitrogens with two attached hydrogens (primary N) is 1. The number of halogens is 1. The summed E-state index contributed by atoms with van der Waals surface area (Å²) in [5, 5.41) is 15.4. The quantitative estimate of drug-likeness (QED) is 0.782. The van der Waals surface area contributed by atoms with Gasteiger partial charge in [0.1, 0.15) is 6.04 Å². The fourth-order valence-corrected chi connectivity index (χ4v) is 2.69. The van der Waals surface area contributed by atoms with Crippen LogP contribution in [0.1, 0.15) is 40.2 Å². The molecule has 7 nitrogen and oxygen atoms in total. The van der Waals surface area contributed by atoms with Gasteiger partial charge in [0.2, 0.25) is 11.7 Å². The van der Waals surface area contributed by atoms with Crippen molar-refractivity contribution in [3.63, 3.8) is 0 Å². The molecular formula is C17H27ClN6O. The first-order valence-electron chi connectivity index (χ1n) is 8.21. The summed E-state index contributed by atoms with van der Waals surface area (Å²) in [6.07, 6.45) is 0.808. The molecule has 0 saturated carbocycles. The van der Waals surface area contributed by atoms with E-state index in [1.54, 1.807) is 6.92 Å². The van der Waals surface area contributed by atoms with E-state index < -0.39 is 11.6 Å². The predicted octanol–water partition coefficient (Wildman–Crippen LogP) is 2.20. The molecule has 0 aliphatic heterocycles. The fraction of sp³-hybridized carbons (Fsp3) is 0.529. The maximum absolute atomic E-state index is 12.5. The Morgan fingerprint density at radius 2 is 1.92 bits per heavy atom. The van der Waals surface area contributed by atoms with Crippen LogP contribution in [0.3, 0.4) is 0 Å². The zero-order chi connectivity index (χ0) is 17.7. The third-order valence-corrected chi connectivity index (χ3v) is 3.92. The molecule has 1 amide bonds. The van der Waals surface area contributed by atoms with Crippen molar-refractivity contribution in [3.05, 3.63) is 30.3 Å². The van der Waals surface area contributed by atoms with Gasteiger partial charge < -0.3 is 11.1 Å². The molecule has 2 rings (SSSR count). The molecule has 2 unspecified atom stereocenters. The second-order valence-electron chi connectivity index (χ2n) is 6.83. The summed E-state index contributed by atoms with van der Waals surface area (Å²) in [5.74, 6) is 0.767. The van der Waals surface area contributed by atoms with Crippen LogP contribution in [-0.4, -0.2) is 38.2 Å². The van der Waals surface area contributed by atoms with Gasteiger partial charge in [-0.15, -0.1) is 22.6 Å². The Kier molecular flexibility index (Phi) is 7.51. The molecule has 0 fully saturated rings. The van der Waals surface area contributed by atoms with E-state index in [9.17, 15) is 4.79 Å². The number of hydrogen-bond donors (Lipinski definition) is 2. The zero-order valence-corrected chi connectivity index (χ0v) is 16.0. The topological polar surface area (TPSA) is 98.7 Å². The lowest BCUT2D eigenvalue weighted by Crippen LogP contribution is -2.53. The van der Waals surface area contributed by atoms with E-state index in [1.807, 2.05) is 37.3 Å². The standard InChI is InChI=1S/C17H26N6O.ClH/c1-12(2)10-17(4,11-18)19-16(24)13(3)23-21-15(20-22-23)14-8-6-5-7-9-14;/h5-9,12-13H,10-11,18H2,1-4H3,(H,19,24);1H. The van der Waals surface area contributed by atoms with Crippen LogP contribution in [0.4, 0.5) is 0 Å². The maximum Gasteiger partial charge on any atom is 0.246 e. The number of nitrogens with one attached hydrogen (secondary N) is 1. The normalized spacial score (nSPS) is 14.5. The smallest absolute Gasteiger partial charge is 0.246 e. The fourth-order valence-electron chi connectivity index (χ4n) is 2.69. The molecule has 2 atom stereocenters. The molecule has 2 aromatic rings. The second-order valence-corrected chi connectivity index (χ2v) is 6.83. The third kappa shape index (κ3) is 5.51. The largest absolute Gasteiger partial charge is 0.348 e. The molecule has 0 bridgehead atoms. The predicted molar refractivity (Wildman–Crippen MR) is 100 cm³/mol. The van der Waals surface area contributed by atoms with Gasteiger partial charge in [-0.2, -0.15) is 4.80 Å². The average Bonchev–Trinajstić information content (AvgIpc) is 3.04. The number of aromatic nitrogens is 4. The highest BCUT2D eigenvalue weighted by atomic mass is 35.5. The molecule has 3 N–H and O–H groups in total. The molecule has 0 aliphatic rings. The molecule has 25 heavy (non-hydrogen) atoms.